The van der Waals surface area contributed by atoms with Crippen molar-refractivity contribution in [1.82, 2.24) is 20.2 Å². The highest BCUT2D eigenvalue weighted by molar-refractivity contribution is 5.76. The first-order valence-electron chi connectivity index (χ1n) is 9.64. The van der Waals surface area contributed by atoms with Crippen LogP contribution in [0.1, 0.15) is 38.9 Å². The Hall–Kier alpha value is -1.92. The Balaban J connectivity index is 1.43. The van der Waals surface area contributed by atoms with Gasteiger partial charge >= 0.3 is 0 Å². The van der Waals surface area contributed by atoms with Crippen LogP contribution >= 0.6 is 0 Å². The predicted molar refractivity (Wildman–Crippen MR) is 103 cm³/mol. The van der Waals surface area contributed by atoms with Crippen LogP contribution in [0.25, 0.3) is 11.0 Å². The lowest BCUT2D eigenvalue weighted by Crippen LogP contribution is -2.56. The average molecular weight is 358 g/mol. The summed E-state index contributed by atoms with van der Waals surface area (Å²) in [7, 11) is 0. The number of nitrogens with one attached hydrogen (secondary N) is 2. The topological polar surface area (TPSA) is 70.2 Å². The van der Waals surface area contributed by atoms with E-state index in [0.717, 1.165) is 62.4 Å². The van der Waals surface area contributed by atoms with Crippen molar-refractivity contribution in [2.75, 3.05) is 32.8 Å². The fourth-order valence-electron chi connectivity index (χ4n) is 3.48. The first kappa shape index (κ1) is 18.9. The molecule has 0 spiro atoms. The van der Waals surface area contributed by atoms with Crippen molar-refractivity contribution in [2.45, 2.75) is 45.1 Å². The molecule has 2 heterocycles. The molecule has 1 amide bonds. The Labute approximate surface area is 155 Å². The standard InChI is InChI=1S/C20H30N4O2/c1-3-20(2,24-11-13-26-14-12-24)15-21-19(25)10-6-9-18-22-16-7-4-5-8-17(16)23-18/h4-5,7-8H,3,6,9-15H2,1-2H3,(H,21,25)(H,22,23). The first-order chi connectivity index (χ1) is 12.6. The molecule has 1 fully saturated rings. The van der Waals surface area contributed by atoms with Gasteiger partial charge in [-0.2, -0.15) is 0 Å². The van der Waals surface area contributed by atoms with Crippen LogP contribution in [-0.4, -0.2) is 59.2 Å². The normalized spacial score (nSPS) is 17.9. The molecule has 1 saturated heterocycles. The SMILES string of the molecule is CCC(C)(CNC(=O)CCCc1nc2ccccc2[nH]1)N1CCOCC1. The van der Waals surface area contributed by atoms with Crippen molar-refractivity contribution >= 4 is 16.9 Å². The summed E-state index contributed by atoms with van der Waals surface area (Å²) in [5.41, 5.74) is 2.03. The van der Waals surface area contributed by atoms with E-state index in [2.05, 4.69) is 34.0 Å². The Kier molecular flexibility index (Phi) is 6.27. The van der Waals surface area contributed by atoms with E-state index >= 15 is 0 Å². The number of para-hydroxylation sites is 2. The number of H-pyrrole nitrogens is 1. The lowest BCUT2D eigenvalue weighted by molar-refractivity contribution is -0.122. The number of hydrogen-bond donors (Lipinski definition) is 2. The van der Waals surface area contributed by atoms with Crippen LogP contribution in [0.15, 0.2) is 24.3 Å². The molecule has 1 aliphatic heterocycles. The van der Waals surface area contributed by atoms with Gasteiger partial charge in [-0.1, -0.05) is 19.1 Å². The zero-order valence-electron chi connectivity index (χ0n) is 15.9. The number of carbonyl (C=O) groups is 1. The van der Waals surface area contributed by atoms with Crippen molar-refractivity contribution in [3.8, 4) is 0 Å². The van der Waals surface area contributed by atoms with Crippen LogP contribution in [0.5, 0.6) is 0 Å². The third-order valence-corrected chi connectivity index (χ3v) is 5.46. The van der Waals surface area contributed by atoms with Gasteiger partial charge in [0.25, 0.3) is 0 Å². The lowest BCUT2D eigenvalue weighted by atomic mass is 9.95. The van der Waals surface area contributed by atoms with Crippen molar-refractivity contribution in [2.24, 2.45) is 0 Å². The van der Waals surface area contributed by atoms with Crippen LogP contribution in [0, 0.1) is 0 Å². The number of aromatic amines is 1. The number of carbonyl (C=O) groups excluding carboxylic acids is 1. The van der Waals surface area contributed by atoms with Gasteiger partial charge in [0.05, 0.1) is 24.2 Å². The van der Waals surface area contributed by atoms with E-state index in [1.54, 1.807) is 0 Å². The second kappa shape index (κ2) is 8.64. The van der Waals surface area contributed by atoms with Crippen molar-refractivity contribution in [3.05, 3.63) is 30.1 Å². The summed E-state index contributed by atoms with van der Waals surface area (Å²) in [5, 5.41) is 3.13. The number of fused-ring (bicyclic) bond motifs is 1. The van der Waals surface area contributed by atoms with Crippen LogP contribution in [0.4, 0.5) is 0 Å². The molecule has 3 rings (SSSR count). The van der Waals surface area contributed by atoms with E-state index in [0.29, 0.717) is 13.0 Å². The maximum Gasteiger partial charge on any atom is 0.220 e. The molecule has 6 heteroatoms. The molecule has 1 aromatic heterocycles. The molecule has 1 atom stereocenters. The monoisotopic (exact) mass is 358 g/mol. The molecule has 2 aromatic rings. The molecule has 0 radical (unpaired) electrons. The summed E-state index contributed by atoms with van der Waals surface area (Å²) in [4.78, 5) is 22.6. The van der Waals surface area contributed by atoms with Gasteiger partial charge in [0.15, 0.2) is 0 Å². The number of aromatic nitrogens is 2. The van der Waals surface area contributed by atoms with Crippen molar-refractivity contribution < 1.29 is 9.53 Å². The molecule has 142 valence electrons. The van der Waals surface area contributed by atoms with E-state index in [1.165, 1.54) is 0 Å². The highest BCUT2D eigenvalue weighted by Crippen LogP contribution is 2.20. The molecular formula is C20H30N4O2. The molecule has 1 unspecified atom stereocenters. The molecule has 0 aliphatic carbocycles. The highest BCUT2D eigenvalue weighted by atomic mass is 16.5. The van der Waals surface area contributed by atoms with E-state index in [-0.39, 0.29) is 11.4 Å². The first-order valence-corrected chi connectivity index (χ1v) is 9.64. The molecule has 2 N–H and O–H groups in total. The number of benzene rings is 1. The maximum atomic E-state index is 12.3. The van der Waals surface area contributed by atoms with Gasteiger partial charge in [0, 0.05) is 38.0 Å². The molecule has 0 saturated carbocycles. The Bertz CT molecular complexity index is 690. The summed E-state index contributed by atoms with van der Waals surface area (Å²) in [6.45, 7) is 8.53. The zero-order valence-corrected chi connectivity index (χ0v) is 15.9. The zero-order chi connectivity index (χ0) is 18.4. The molecule has 1 aromatic carbocycles. The summed E-state index contributed by atoms with van der Waals surface area (Å²) in [6.07, 6.45) is 3.12. The smallest absolute Gasteiger partial charge is 0.220 e. The van der Waals surface area contributed by atoms with Crippen LogP contribution in [0.3, 0.4) is 0 Å². The van der Waals surface area contributed by atoms with Crippen LogP contribution in [0.2, 0.25) is 0 Å². The number of aryl methyl sites for hydroxylation is 1. The van der Waals surface area contributed by atoms with Gasteiger partial charge in [-0.3, -0.25) is 9.69 Å². The maximum absolute atomic E-state index is 12.3. The van der Waals surface area contributed by atoms with Crippen LogP contribution in [-0.2, 0) is 16.0 Å². The largest absolute Gasteiger partial charge is 0.379 e. The number of nitrogens with zero attached hydrogens (tertiary/aromatic N) is 2. The minimum Gasteiger partial charge on any atom is -0.379 e. The van der Waals surface area contributed by atoms with E-state index in [9.17, 15) is 4.79 Å². The molecule has 6 nitrogen and oxygen atoms in total. The van der Waals surface area contributed by atoms with Gasteiger partial charge in [0.1, 0.15) is 5.82 Å². The highest BCUT2D eigenvalue weighted by Gasteiger charge is 2.31. The lowest BCUT2D eigenvalue weighted by Gasteiger charge is -2.43. The van der Waals surface area contributed by atoms with E-state index in [1.807, 2.05) is 24.3 Å². The summed E-state index contributed by atoms with van der Waals surface area (Å²) >= 11 is 0. The third kappa shape index (κ3) is 4.62. The van der Waals surface area contributed by atoms with Crippen molar-refractivity contribution in [1.29, 1.82) is 0 Å². The quantitative estimate of drug-likeness (QED) is 0.761. The summed E-state index contributed by atoms with van der Waals surface area (Å²) in [6, 6.07) is 8.01. The van der Waals surface area contributed by atoms with Gasteiger partial charge < -0.3 is 15.0 Å². The fraction of sp³-hybridized carbons (Fsp3) is 0.600. The number of morpholine rings is 1. The van der Waals surface area contributed by atoms with Gasteiger partial charge in [-0.05, 0) is 31.9 Å². The number of hydrogen-bond acceptors (Lipinski definition) is 4. The molecular weight excluding hydrogens is 328 g/mol. The van der Waals surface area contributed by atoms with E-state index in [4.69, 9.17) is 4.74 Å². The average Bonchev–Trinajstić information content (AvgIpc) is 3.09. The Morgan fingerprint density at radius 1 is 1.35 bits per heavy atom. The summed E-state index contributed by atoms with van der Waals surface area (Å²) in [5.74, 6) is 1.07. The van der Waals surface area contributed by atoms with Gasteiger partial charge in [-0.25, -0.2) is 4.98 Å². The summed E-state index contributed by atoms with van der Waals surface area (Å²) < 4.78 is 5.44. The Morgan fingerprint density at radius 3 is 2.85 bits per heavy atom. The molecule has 26 heavy (non-hydrogen) atoms. The number of amides is 1. The second-order valence-corrected chi connectivity index (χ2v) is 7.28. The second-order valence-electron chi connectivity index (χ2n) is 7.28. The van der Waals surface area contributed by atoms with Crippen LogP contribution < -0.4 is 5.32 Å². The predicted octanol–water partition coefficient (Wildman–Crippen LogP) is 2.50. The number of ether oxygens (including phenoxy) is 1. The number of rotatable bonds is 8. The molecule has 0 bridgehead atoms. The Morgan fingerprint density at radius 2 is 2.12 bits per heavy atom. The minimum atomic E-state index is -0.00181. The molecule has 1 aliphatic rings. The third-order valence-electron chi connectivity index (χ3n) is 5.46. The van der Waals surface area contributed by atoms with Gasteiger partial charge in [0.2, 0.25) is 5.91 Å². The van der Waals surface area contributed by atoms with E-state index < -0.39 is 0 Å². The fourth-order valence-corrected chi connectivity index (χ4v) is 3.48. The van der Waals surface area contributed by atoms with Gasteiger partial charge in [-0.15, -0.1) is 0 Å². The number of imidazole rings is 1. The minimum absolute atomic E-state index is 0.00181. The van der Waals surface area contributed by atoms with Crippen molar-refractivity contribution in [3.63, 3.8) is 0 Å².